The van der Waals surface area contributed by atoms with Crippen LogP contribution < -0.4 is 25.4 Å². The molecule has 2 fully saturated rings. The highest BCUT2D eigenvalue weighted by Gasteiger charge is 2.38. The zero-order valence-corrected chi connectivity index (χ0v) is 26.4. The lowest BCUT2D eigenvalue weighted by atomic mass is 9.84. The van der Waals surface area contributed by atoms with Crippen LogP contribution in [0.4, 0.5) is 27.3 Å². The second-order valence-electron chi connectivity index (χ2n) is 12.0. The Kier molecular flexibility index (Phi) is 9.57. The number of halogens is 1. The van der Waals surface area contributed by atoms with Crippen molar-refractivity contribution in [2.24, 2.45) is 21.6 Å². The summed E-state index contributed by atoms with van der Waals surface area (Å²) in [7, 11) is 1.56. The van der Waals surface area contributed by atoms with E-state index in [9.17, 15) is 9.90 Å². The molecule has 4 N–H and O–H groups in total. The number of anilines is 2. The number of ether oxygens (including phenoxy) is 2. The first-order valence-electron chi connectivity index (χ1n) is 15.1. The number of aliphatic hydroxyl groups is 1. The van der Waals surface area contributed by atoms with Crippen LogP contribution in [0.5, 0.6) is 17.2 Å². The number of aliphatic imine (C=N–C) groups is 2. The fraction of sp³-hybridized carbons (Fsp3) is 0.353. The Hall–Kier alpha value is -4.97. The topological polar surface area (TPSA) is 138 Å². The fourth-order valence-corrected chi connectivity index (χ4v) is 5.50. The average Bonchev–Trinajstić information content (AvgIpc) is 3.01. The van der Waals surface area contributed by atoms with Crippen LogP contribution in [0.3, 0.4) is 0 Å². The van der Waals surface area contributed by atoms with Crippen molar-refractivity contribution in [2.75, 3.05) is 43.5 Å². The van der Waals surface area contributed by atoms with Gasteiger partial charge in [-0.25, -0.2) is 14.4 Å². The maximum absolute atomic E-state index is 15.3. The molecule has 0 aliphatic carbocycles. The lowest BCUT2D eigenvalue weighted by molar-refractivity contribution is -0.126. The molecule has 3 aromatic rings. The monoisotopic (exact) mass is 629 g/mol. The van der Waals surface area contributed by atoms with E-state index in [-0.39, 0.29) is 35.1 Å². The zero-order chi connectivity index (χ0) is 33.0. The van der Waals surface area contributed by atoms with E-state index in [2.05, 4.69) is 38.5 Å². The highest BCUT2D eigenvalue weighted by molar-refractivity contribution is 6.04. The molecule has 46 heavy (non-hydrogen) atoms. The lowest BCUT2D eigenvalue weighted by Crippen LogP contribution is -2.56. The molecule has 3 heterocycles. The average molecular weight is 630 g/mol. The second-order valence-corrected chi connectivity index (χ2v) is 12.0. The van der Waals surface area contributed by atoms with Crippen LogP contribution >= 0.6 is 0 Å². The lowest BCUT2D eigenvalue weighted by Gasteiger charge is -2.45. The number of aromatic nitrogens is 1. The molecular formula is C34H40FN7O4. The number of pyridine rings is 1. The number of nitrogens with two attached hydrogens (primary N) is 1. The van der Waals surface area contributed by atoms with E-state index in [1.807, 2.05) is 0 Å². The van der Waals surface area contributed by atoms with Crippen molar-refractivity contribution >= 4 is 41.3 Å². The van der Waals surface area contributed by atoms with Gasteiger partial charge in [-0.3, -0.25) is 9.79 Å². The predicted octanol–water partition coefficient (Wildman–Crippen LogP) is 5.19. The summed E-state index contributed by atoms with van der Waals surface area (Å²) in [5, 5.41) is 13.7. The van der Waals surface area contributed by atoms with Gasteiger partial charge in [-0.05, 0) is 63.7 Å². The highest BCUT2D eigenvalue weighted by Crippen LogP contribution is 2.36. The van der Waals surface area contributed by atoms with E-state index in [4.69, 9.17) is 15.2 Å². The van der Waals surface area contributed by atoms with Crippen LogP contribution in [-0.2, 0) is 4.79 Å². The molecular weight excluding hydrogens is 589 g/mol. The number of piperidine rings is 1. The molecule has 0 radical (unpaired) electrons. The summed E-state index contributed by atoms with van der Waals surface area (Å²) < 4.78 is 26.8. The smallest absolute Gasteiger partial charge is 0.245 e. The Morgan fingerprint density at radius 1 is 1.15 bits per heavy atom. The van der Waals surface area contributed by atoms with Gasteiger partial charge in [-0.2, -0.15) is 0 Å². The Morgan fingerprint density at radius 3 is 2.50 bits per heavy atom. The van der Waals surface area contributed by atoms with E-state index in [1.54, 1.807) is 62.4 Å². The number of benzene rings is 2. The first kappa shape index (κ1) is 32.4. The van der Waals surface area contributed by atoms with Crippen LogP contribution in [0.25, 0.3) is 0 Å². The minimum absolute atomic E-state index is 0.0260. The second kappa shape index (κ2) is 13.6. The predicted molar refractivity (Wildman–Crippen MR) is 179 cm³/mol. The van der Waals surface area contributed by atoms with E-state index in [0.29, 0.717) is 54.6 Å². The van der Waals surface area contributed by atoms with E-state index >= 15 is 4.39 Å². The third-order valence-electron chi connectivity index (χ3n) is 8.42. The summed E-state index contributed by atoms with van der Waals surface area (Å²) in [4.78, 5) is 28.6. The number of nitrogens with zero attached hydrogens (tertiary/aromatic N) is 5. The largest absolute Gasteiger partial charge is 0.495 e. The molecule has 0 bridgehead atoms. The van der Waals surface area contributed by atoms with E-state index in [0.717, 1.165) is 18.7 Å². The number of amidine groups is 1. The maximum Gasteiger partial charge on any atom is 0.245 e. The number of carbonyl (C=O) groups excluding carboxylic acids is 1. The van der Waals surface area contributed by atoms with Crippen molar-refractivity contribution in [3.05, 3.63) is 72.7 Å². The first-order valence-corrected chi connectivity index (χ1v) is 15.1. The molecule has 2 aromatic carbocycles. The van der Waals surface area contributed by atoms with Gasteiger partial charge in [0.05, 0.1) is 24.1 Å². The standard InChI is InChI=1S/C34H40FN7O4/c1-6-32(43)41-13-10-22(11-14-41)39-29-17-25(28(37-4)18-30(29)45-5)33(36)40-27-8-7-23(15-26(27)35)46-24-9-12-38-31(16-24)42-19-21(20-42)34(2,3)44/h6-9,12,15-18,21-22,39,44H,1,4,10-11,13-14,19-20H2,2-3,5H3,(H2,36,40). The molecule has 0 atom stereocenters. The number of rotatable bonds is 11. The Balaban J connectivity index is 1.30. The van der Waals surface area contributed by atoms with Crippen molar-refractivity contribution in [1.82, 2.24) is 9.88 Å². The molecule has 1 aromatic heterocycles. The van der Waals surface area contributed by atoms with Gasteiger partial charge in [0.25, 0.3) is 0 Å². The molecule has 11 nitrogen and oxygen atoms in total. The number of carbonyl (C=O) groups is 1. The van der Waals surface area contributed by atoms with E-state index < -0.39 is 11.4 Å². The normalized spacial score (nSPS) is 16.1. The summed E-state index contributed by atoms with van der Waals surface area (Å²) in [6.07, 6.45) is 4.44. The van der Waals surface area contributed by atoms with Gasteiger partial charge in [-0.1, -0.05) is 6.58 Å². The van der Waals surface area contributed by atoms with Crippen LogP contribution in [0.2, 0.25) is 0 Å². The minimum Gasteiger partial charge on any atom is -0.495 e. The Morgan fingerprint density at radius 2 is 1.87 bits per heavy atom. The van der Waals surface area contributed by atoms with Gasteiger partial charge in [-0.15, -0.1) is 0 Å². The SMILES string of the molecule is C=CC(=O)N1CCC(Nc2cc(C(N)=Nc3ccc(Oc4ccnc(N5CC(C(C)(C)O)C5)c4)cc3F)c(N=C)cc2OC)CC1. The van der Waals surface area contributed by atoms with Crippen LogP contribution in [0, 0.1) is 11.7 Å². The maximum atomic E-state index is 15.3. The van der Waals surface area contributed by atoms with Crippen molar-refractivity contribution in [3.8, 4) is 17.2 Å². The molecule has 0 spiro atoms. The van der Waals surface area contributed by atoms with Crippen LogP contribution in [-0.4, -0.2) is 78.4 Å². The van der Waals surface area contributed by atoms with Crippen molar-refractivity contribution in [1.29, 1.82) is 0 Å². The Bertz CT molecular complexity index is 1640. The highest BCUT2D eigenvalue weighted by atomic mass is 19.1. The van der Waals surface area contributed by atoms with Crippen LogP contribution in [0.1, 0.15) is 32.3 Å². The van der Waals surface area contributed by atoms with Gasteiger partial charge < -0.3 is 35.4 Å². The molecule has 0 unspecified atom stereocenters. The molecule has 1 amide bonds. The van der Waals surface area contributed by atoms with Crippen molar-refractivity contribution in [2.45, 2.75) is 38.3 Å². The molecule has 242 valence electrons. The Labute approximate surface area is 268 Å². The summed E-state index contributed by atoms with van der Waals surface area (Å²) in [6, 6.07) is 11.4. The van der Waals surface area contributed by atoms with Gasteiger partial charge in [0.2, 0.25) is 5.91 Å². The molecule has 2 aliphatic heterocycles. The van der Waals surface area contributed by atoms with Gasteiger partial charge in [0, 0.05) is 68.1 Å². The molecule has 12 heteroatoms. The summed E-state index contributed by atoms with van der Waals surface area (Å²) in [5.74, 6) is 1.57. The summed E-state index contributed by atoms with van der Waals surface area (Å²) in [5.41, 5.74) is 7.25. The number of methoxy groups -OCH3 is 1. The third kappa shape index (κ3) is 7.28. The van der Waals surface area contributed by atoms with Crippen molar-refractivity contribution in [3.63, 3.8) is 0 Å². The number of amides is 1. The third-order valence-corrected chi connectivity index (χ3v) is 8.42. The number of hydrogen-bond donors (Lipinski definition) is 3. The quantitative estimate of drug-likeness (QED) is 0.150. The number of likely N-dealkylation sites (tertiary alicyclic amines) is 1. The molecule has 2 aliphatic rings. The van der Waals surface area contributed by atoms with Crippen molar-refractivity contribution < 1.29 is 23.8 Å². The summed E-state index contributed by atoms with van der Waals surface area (Å²) >= 11 is 0. The zero-order valence-electron chi connectivity index (χ0n) is 26.4. The number of nitrogens with one attached hydrogen (secondary N) is 1. The fourth-order valence-electron chi connectivity index (χ4n) is 5.50. The molecule has 5 rings (SSSR count). The van der Waals surface area contributed by atoms with Gasteiger partial charge in [0.15, 0.2) is 5.82 Å². The number of hydrogen-bond acceptors (Lipinski definition) is 9. The molecule has 0 saturated carbocycles. The van der Waals surface area contributed by atoms with Gasteiger partial charge in [0.1, 0.15) is 34.6 Å². The summed E-state index contributed by atoms with van der Waals surface area (Å²) in [6.45, 7) is 13.4. The first-order chi connectivity index (χ1) is 22.0. The minimum atomic E-state index is -0.751. The van der Waals surface area contributed by atoms with Crippen LogP contribution in [0.15, 0.2) is 71.3 Å². The van der Waals surface area contributed by atoms with E-state index in [1.165, 1.54) is 18.2 Å². The van der Waals surface area contributed by atoms with Gasteiger partial charge >= 0.3 is 0 Å². The molecule has 2 saturated heterocycles.